The number of carbonyl (C=O) groups excluding carboxylic acids is 1. The van der Waals surface area contributed by atoms with Crippen LogP contribution in [0.3, 0.4) is 0 Å². The molecule has 0 aliphatic carbocycles. The summed E-state index contributed by atoms with van der Waals surface area (Å²) in [6, 6.07) is 0. The van der Waals surface area contributed by atoms with Gasteiger partial charge in [-0.15, -0.1) is 17.8 Å². The summed E-state index contributed by atoms with van der Waals surface area (Å²) < 4.78 is 9.96. The van der Waals surface area contributed by atoms with Crippen LogP contribution >= 0.6 is 0 Å². The van der Waals surface area contributed by atoms with Gasteiger partial charge in [-0.1, -0.05) is 37.5 Å². The van der Waals surface area contributed by atoms with E-state index in [-0.39, 0.29) is 18.2 Å². The second-order valence-corrected chi connectivity index (χ2v) is 5.88. The predicted molar refractivity (Wildman–Crippen MR) is 97.2 cm³/mol. The van der Waals surface area contributed by atoms with Crippen LogP contribution in [-0.2, 0) is 14.3 Å². The van der Waals surface area contributed by atoms with E-state index in [1.807, 2.05) is 0 Å². The quantitative estimate of drug-likeness (QED) is 0.318. The van der Waals surface area contributed by atoms with Crippen LogP contribution in [0.4, 0.5) is 0 Å². The number of carbonyl (C=O) groups is 1. The highest BCUT2D eigenvalue weighted by molar-refractivity contribution is 5.69. The summed E-state index contributed by atoms with van der Waals surface area (Å²) in [4.78, 5) is 10.9. The molecule has 4 heteroatoms. The summed E-state index contributed by atoms with van der Waals surface area (Å²) in [5.74, 6) is 17.5. The van der Waals surface area contributed by atoms with E-state index >= 15 is 0 Å². The number of aliphatic hydroxyl groups excluding tert-OH is 1. The maximum atomic E-state index is 10.9. The van der Waals surface area contributed by atoms with E-state index in [4.69, 9.17) is 4.74 Å². The summed E-state index contributed by atoms with van der Waals surface area (Å²) in [6.07, 6.45) is 6.32. The number of hydrogen-bond acceptors (Lipinski definition) is 4. The predicted octanol–water partition coefficient (Wildman–Crippen LogP) is 2.83. The Hall–Kier alpha value is -1.93. The SMILES string of the molecule is CCCCCC#CCC1OC1C(O)C#CCC#CCCCC(=O)OC. The number of methoxy groups -OCH3 is 1. The summed E-state index contributed by atoms with van der Waals surface area (Å²) in [5.41, 5.74) is 0. The molecule has 0 radical (unpaired) electrons. The van der Waals surface area contributed by atoms with Gasteiger partial charge in [0.1, 0.15) is 12.2 Å². The monoisotopic (exact) mass is 344 g/mol. The van der Waals surface area contributed by atoms with E-state index < -0.39 is 6.10 Å². The van der Waals surface area contributed by atoms with Crippen LogP contribution in [0.2, 0.25) is 0 Å². The number of unbranched alkanes of at least 4 members (excludes halogenated alkanes) is 4. The zero-order valence-corrected chi connectivity index (χ0v) is 15.3. The smallest absolute Gasteiger partial charge is 0.305 e. The lowest BCUT2D eigenvalue weighted by atomic mass is 10.1. The molecule has 136 valence electrons. The average Bonchev–Trinajstić information content (AvgIpc) is 3.39. The third-order valence-electron chi connectivity index (χ3n) is 3.73. The third kappa shape index (κ3) is 10.5. The third-order valence-corrected chi connectivity index (χ3v) is 3.73. The first-order valence-electron chi connectivity index (χ1n) is 8.99. The molecule has 4 nitrogen and oxygen atoms in total. The average molecular weight is 344 g/mol. The Bertz CT molecular complexity index is 576. The van der Waals surface area contributed by atoms with Gasteiger partial charge >= 0.3 is 5.97 Å². The van der Waals surface area contributed by atoms with Crippen molar-refractivity contribution in [2.75, 3.05) is 7.11 Å². The van der Waals surface area contributed by atoms with Crippen LogP contribution in [0.15, 0.2) is 0 Å². The molecule has 0 bridgehead atoms. The standard InChI is InChI=1S/C21H28O4/c1-3-4-5-6-10-13-16-19-21(25-19)18(22)15-12-9-7-8-11-14-17-20(23)24-2/h18-19,21-22H,3-6,9,11,14,16-17H2,1-2H3. The zero-order valence-electron chi connectivity index (χ0n) is 15.3. The highest BCUT2D eigenvalue weighted by atomic mass is 16.6. The van der Waals surface area contributed by atoms with Crippen LogP contribution in [0.1, 0.15) is 64.7 Å². The minimum Gasteiger partial charge on any atom is -0.469 e. The highest BCUT2D eigenvalue weighted by Gasteiger charge is 2.43. The molecule has 1 heterocycles. The molecule has 1 fully saturated rings. The summed E-state index contributed by atoms with van der Waals surface area (Å²) in [6.45, 7) is 2.18. The fourth-order valence-corrected chi connectivity index (χ4v) is 2.18. The number of esters is 1. The molecule has 0 amide bonds. The Morgan fingerprint density at radius 3 is 2.64 bits per heavy atom. The van der Waals surface area contributed by atoms with Gasteiger partial charge in [0.15, 0.2) is 0 Å². The lowest BCUT2D eigenvalue weighted by molar-refractivity contribution is -0.140. The lowest BCUT2D eigenvalue weighted by Crippen LogP contribution is -2.14. The van der Waals surface area contributed by atoms with Crippen molar-refractivity contribution in [1.82, 2.24) is 0 Å². The van der Waals surface area contributed by atoms with E-state index in [2.05, 4.69) is 47.2 Å². The van der Waals surface area contributed by atoms with Crippen molar-refractivity contribution in [2.45, 2.75) is 83.0 Å². The van der Waals surface area contributed by atoms with Crippen molar-refractivity contribution in [1.29, 1.82) is 0 Å². The van der Waals surface area contributed by atoms with Crippen LogP contribution < -0.4 is 0 Å². The molecule has 3 unspecified atom stereocenters. The van der Waals surface area contributed by atoms with Gasteiger partial charge in [-0.05, 0) is 12.8 Å². The fourth-order valence-electron chi connectivity index (χ4n) is 2.18. The van der Waals surface area contributed by atoms with Crippen molar-refractivity contribution in [3.05, 3.63) is 0 Å². The molecule has 1 N–H and O–H groups in total. The molecule has 1 aliphatic heterocycles. The number of hydrogen-bond donors (Lipinski definition) is 1. The summed E-state index contributed by atoms with van der Waals surface area (Å²) in [5, 5.41) is 9.91. The molecule has 0 aromatic rings. The second kappa shape index (κ2) is 13.4. The maximum absolute atomic E-state index is 10.9. The maximum Gasteiger partial charge on any atom is 0.305 e. The molecule has 0 spiro atoms. The first-order valence-corrected chi connectivity index (χ1v) is 8.99. The Kier molecular flexibility index (Phi) is 11.3. The molecule has 1 aliphatic rings. The van der Waals surface area contributed by atoms with Gasteiger partial charge < -0.3 is 14.6 Å². The van der Waals surface area contributed by atoms with Gasteiger partial charge in [-0.25, -0.2) is 0 Å². The molecule has 0 saturated carbocycles. The largest absolute Gasteiger partial charge is 0.469 e. The Morgan fingerprint density at radius 2 is 1.88 bits per heavy atom. The Labute approximate surface area is 151 Å². The van der Waals surface area contributed by atoms with Crippen LogP contribution in [0.25, 0.3) is 0 Å². The van der Waals surface area contributed by atoms with Gasteiger partial charge in [0, 0.05) is 25.7 Å². The van der Waals surface area contributed by atoms with E-state index in [1.165, 1.54) is 20.0 Å². The summed E-state index contributed by atoms with van der Waals surface area (Å²) >= 11 is 0. The number of epoxide rings is 1. The van der Waals surface area contributed by atoms with Crippen LogP contribution in [0, 0.1) is 35.5 Å². The molecular weight excluding hydrogens is 316 g/mol. The van der Waals surface area contributed by atoms with E-state index in [0.717, 1.165) is 12.8 Å². The number of rotatable bonds is 8. The van der Waals surface area contributed by atoms with Gasteiger partial charge in [0.2, 0.25) is 0 Å². The van der Waals surface area contributed by atoms with Crippen molar-refractivity contribution in [3.63, 3.8) is 0 Å². The number of ether oxygens (including phenoxy) is 2. The minimum atomic E-state index is -0.770. The van der Waals surface area contributed by atoms with E-state index in [0.29, 0.717) is 32.1 Å². The molecule has 0 aromatic heterocycles. The van der Waals surface area contributed by atoms with Crippen LogP contribution in [-0.4, -0.2) is 36.5 Å². The molecule has 25 heavy (non-hydrogen) atoms. The molecule has 0 aromatic carbocycles. The summed E-state index contributed by atoms with van der Waals surface area (Å²) in [7, 11) is 1.38. The van der Waals surface area contributed by atoms with Crippen LogP contribution in [0.5, 0.6) is 0 Å². The molecule has 1 rings (SSSR count). The lowest BCUT2D eigenvalue weighted by Gasteiger charge is -1.95. The van der Waals surface area contributed by atoms with Crippen molar-refractivity contribution in [2.24, 2.45) is 0 Å². The topological polar surface area (TPSA) is 59.1 Å². The fraction of sp³-hybridized carbons (Fsp3) is 0.667. The molecule has 3 atom stereocenters. The van der Waals surface area contributed by atoms with Gasteiger partial charge in [0.25, 0.3) is 0 Å². The number of aliphatic hydroxyl groups is 1. The Balaban J connectivity index is 2.11. The first-order chi connectivity index (χ1) is 12.2. The Morgan fingerprint density at radius 1 is 1.12 bits per heavy atom. The zero-order chi connectivity index (χ0) is 18.3. The molecular formula is C21H28O4. The highest BCUT2D eigenvalue weighted by Crippen LogP contribution is 2.27. The normalized spacial score (nSPS) is 18.5. The van der Waals surface area contributed by atoms with Gasteiger partial charge in [0.05, 0.1) is 19.6 Å². The van der Waals surface area contributed by atoms with Gasteiger partial charge in [-0.2, -0.15) is 0 Å². The first kappa shape index (κ1) is 21.1. The molecule has 1 saturated heterocycles. The van der Waals surface area contributed by atoms with Crippen molar-refractivity contribution in [3.8, 4) is 35.5 Å². The van der Waals surface area contributed by atoms with Crippen molar-refractivity contribution < 1.29 is 19.4 Å². The van der Waals surface area contributed by atoms with Gasteiger partial charge in [-0.3, -0.25) is 4.79 Å². The van der Waals surface area contributed by atoms with E-state index in [9.17, 15) is 9.90 Å². The second-order valence-electron chi connectivity index (χ2n) is 5.88. The minimum absolute atomic E-state index is 0.00683. The van der Waals surface area contributed by atoms with E-state index in [1.54, 1.807) is 0 Å². The van der Waals surface area contributed by atoms with Crippen molar-refractivity contribution >= 4 is 5.97 Å².